The molecule has 1 aromatic carbocycles. The van der Waals surface area contributed by atoms with Gasteiger partial charge in [0, 0.05) is 11.4 Å². The molecule has 0 saturated carbocycles. The Kier molecular flexibility index (Phi) is 5.15. The molecule has 3 aromatic rings. The Morgan fingerprint density at radius 1 is 1.20 bits per heavy atom. The Bertz CT molecular complexity index is 1160. The molecule has 0 radical (unpaired) electrons. The lowest BCUT2D eigenvalue weighted by Crippen LogP contribution is -2.38. The molecule has 2 aromatic heterocycles. The fourth-order valence-corrected chi connectivity index (χ4v) is 4.40. The van der Waals surface area contributed by atoms with Crippen molar-refractivity contribution in [2.24, 2.45) is 0 Å². The minimum absolute atomic E-state index is 0.0314. The summed E-state index contributed by atoms with van der Waals surface area (Å²) in [5.41, 5.74) is 2.26. The molecule has 1 unspecified atom stereocenters. The standard InChI is InChI=1S/C20H19F3N4O2S/c1-11-3-5-15-13(7-11)8-26(10-16(15)28)18-24-12(2)27(19(29)25-18)9-14-4-6-17(30-14)20(21,22)23/h3-7,16,28H,8-10H2,1-2H3. The molecule has 0 aliphatic carbocycles. The molecular weight excluding hydrogens is 417 g/mol. The number of fused-ring (bicyclic) bond motifs is 1. The molecule has 158 valence electrons. The van der Waals surface area contributed by atoms with Crippen molar-refractivity contribution in [3.8, 4) is 0 Å². The van der Waals surface area contributed by atoms with E-state index >= 15 is 0 Å². The number of thiophene rings is 1. The van der Waals surface area contributed by atoms with E-state index in [0.717, 1.165) is 22.8 Å². The van der Waals surface area contributed by atoms with Crippen molar-refractivity contribution in [1.82, 2.24) is 14.5 Å². The Morgan fingerprint density at radius 3 is 2.63 bits per heavy atom. The minimum Gasteiger partial charge on any atom is -0.387 e. The lowest BCUT2D eigenvalue weighted by molar-refractivity contribution is -0.134. The van der Waals surface area contributed by atoms with Crippen LogP contribution in [0.25, 0.3) is 0 Å². The van der Waals surface area contributed by atoms with Crippen LogP contribution in [0.2, 0.25) is 0 Å². The van der Waals surface area contributed by atoms with Gasteiger partial charge in [0.2, 0.25) is 5.95 Å². The van der Waals surface area contributed by atoms with Crippen molar-refractivity contribution in [3.05, 3.63) is 73.1 Å². The van der Waals surface area contributed by atoms with Crippen LogP contribution in [0.3, 0.4) is 0 Å². The Hall–Kier alpha value is -2.72. The summed E-state index contributed by atoms with van der Waals surface area (Å²) in [4.78, 5) is 22.4. The number of hydrogen-bond acceptors (Lipinski definition) is 6. The fourth-order valence-electron chi connectivity index (χ4n) is 3.54. The number of aliphatic hydroxyl groups excluding tert-OH is 1. The number of rotatable bonds is 3. The monoisotopic (exact) mass is 436 g/mol. The van der Waals surface area contributed by atoms with Crippen LogP contribution < -0.4 is 10.6 Å². The maximum atomic E-state index is 12.8. The van der Waals surface area contributed by atoms with Gasteiger partial charge in [-0.05, 0) is 37.1 Å². The number of nitrogens with zero attached hydrogens (tertiary/aromatic N) is 4. The third-order valence-corrected chi connectivity index (χ3v) is 6.14. The van der Waals surface area contributed by atoms with E-state index in [4.69, 9.17) is 0 Å². The van der Waals surface area contributed by atoms with Crippen LogP contribution in [0.5, 0.6) is 0 Å². The summed E-state index contributed by atoms with van der Waals surface area (Å²) in [6.45, 7) is 4.25. The van der Waals surface area contributed by atoms with Crippen LogP contribution in [0.4, 0.5) is 19.1 Å². The van der Waals surface area contributed by atoms with Gasteiger partial charge in [0.05, 0.1) is 19.2 Å². The number of aryl methyl sites for hydroxylation is 2. The molecule has 1 aliphatic heterocycles. The first-order valence-electron chi connectivity index (χ1n) is 9.25. The highest BCUT2D eigenvalue weighted by molar-refractivity contribution is 7.12. The number of alkyl halides is 3. The van der Waals surface area contributed by atoms with Crippen LogP contribution in [0.15, 0.2) is 35.1 Å². The average Bonchev–Trinajstić information content (AvgIpc) is 3.13. The lowest BCUT2D eigenvalue weighted by atomic mass is 9.96. The van der Waals surface area contributed by atoms with Gasteiger partial charge in [-0.3, -0.25) is 4.57 Å². The second-order valence-electron chi connectivity index (χ2n) is 7.30. The van der Waals surface area contributed by atoms with E-state index < -0.39 is 22.8 Å². The predicted octanol–water partition coefficient (Wildman–Crippen LogP) is 3.44. The quantitative estimate of drug-likeness (QED) is 0.681. The van der Waals surface area contributed by atoms with Crippen molar-refractivity contribution in [1.29, 1.82) is 0 Å². The number of aromatic nitrogens is 3. The molecule has 4 rings (SSSR count). The van der Waals surface area contributed by atoms with E-state index in [-0.39, 0.29) is 19.0 Å². The number of benzene rings is 1. The van der Waals surface area contributed by atoms with Crippen LogP contribution in [-0.2, 0) is 19.3 Å². The molecule has 0 saturated heterocycles. The number of anilines is 1. The highest BCUT2D eigenvalue weighted by Crippen LogP contribution is 2.35. The third kappa shape index (κ3) is 3.97. The number of aliphatic hydroxyl groups is 1. The summed E-state index contributed by atoms with van der Waals surface area (Å²) in [7, 11) is 0. The Labute approximate surface area is 174 Å². The first-order valence-corrected chi connectivity index (χ1v) is 10.1. The predicted molar refractivity (Wildman–Crippen MR) is 107 cm³/mol. The zero-order valence-corrected chi connectivity index (χ0v) is 17.1. The fraction of sp³-hybridized carbons (Fsp3) is 0.350. The normalized spacial score (nSPS) is 16.6. The van der Waals surface area contributed by atoms with Gasteiger partial charge in [0.1, 0.15) is 10.7 Å². The Balaban J connectivity index is 1.60. The number of β-amino-alcohol motifs (C(OH)–C–C–N with tert-alkyl or cyclic N) is 1. The molecular formula is C20H19F3N4O2S. The second-order valence-corrected chi connectivity index (χ2v) is 8.47. The highest BCUT2D eigenvalue weighted by atomic mass is 32.1. The van der Waals surface area contributed by atoms with Gasteiger partial charge >= 0.3 is 11.9 Å². The maximum Gasteiger partial charge on any atom is 0.425 e. The summed E-state index contributed by atoms with van der Waals surface area (Å²) in [5.74, 6) is 0.540. The van der Waals surface area contributed by atoms with Gasteiger partial charge in [0.25, 0.3) is 0 Å². The largest absolute Gasteiger partial charge is 0.425 e. The summed E-state index contributed by atoms with van der Waals surface area (Å²) < 4.78 is 39.7. The molecule has 6 nitrogen and oxygen atoms in total. The second kappa shape index (κ2) is 7.51. The zero-order chi connectivity index (χ0) is 21.6. The molecule has 1 aliphatic rings. The van der Waals surface area contributed by atoms with E-state index in [0.29, 0.717) is 28.6 Å². The van der Waals surface area contributed by atoms with Gasteiger partial charge in [-0.25, -0.2) is 4.79 Å². The highest BCUT2D eigenvalue weighted by Gasteiger charge is 2.32. The van der Waals surface area contributed by atoms with Crippen LogP contribution in [0, 0.1) is 13.8 Å². The Morgan fingerprint density at radius 2 is 1.97 bits per heavy atom. The molecule has 0 spiro atoms. The molecule has 3 heterocycles. The van der Waals surface area contributed by atoms with Gasteiger partial charge in [-0.15, -0.1) is 11.3 Å². The molecule has 30 heavy (non-hydrogen) atoms. The first-order chi connectivity index (χ1) is 14.1. The molecule has 0 amide bonds. The van der Waals surface area contributed by atoms with Gasteiger partial charge in [-0.2, -0.15) is 23.1 Å². The van der Waals surface area contributed by atoms with E-state index in [1.54, 1.807) is 11.8 Å². The molecule has 1 N–H and O–H groups in total. The number of hydrogen-bond donors (Lipinski definition) is 1. The van der Waals surface area contributed by atoms with Crippen LogP contribution >= 0.6 is 11.3 Å². The summed E-state index contributed by atoms with van der Waals surface area (Å²) in [5, 5.41) is 10.5. The van der Waals surface area contributed by atoms with E-state index in [1.807, 2.05) is 25.1 Å². The van der Waals surface area contributed by atoms with E-state index in [1.165, 1.54) is 10.6 Å². The zero-order valence-electron chi connectivity index (χ0n) is 16.3. The van der Waals surface area contributed by atoms with Gasteiger partial charge < -0.3 is 10.0 Å². The third-order valence-electron chi connectivity index (χ3n) is 5.03. The molecule has 0 bridgehead atoms. The van der Waals surface area contributed by atoms with Gasteiger partial charge in [0.15, 0.2) is 0 Å². The SMILES string of the molecule is Cc1ccc2c(c1)CN(c1nc(C)n(Cc3ccc(C(F)(F)F)s3)c(=O)n1)CC2O. The van der Waals surface area contributed by atoms with Crippen molar-refractivity contribution < 1.29 is 18.3 Å². The van der Waals surface area contributed by atoms with Crippen LogP contribution in [0.1, 0.15) is 38.4 Å². The van der Waals surface area contributed by atoms with E-state index in [9.17, 15) is 23.1 Å². The first kappa shape index (κ1) is 20.5. The minimum atomic E-state index is -4.41. The summed E-state index contributed by atoms with van der Waals surface area (Å²) in [6, 6.07) is 8.17. The average molecular weight is 436 g/mol. The van der Waals surface area contributed by atoms with E-state index in [2.05, 4.69) is 9.97 Å². The molecule has 10 heteroatoms. The topological polar surface area (TPSA) is 71.2 Å². The van der Waals surface area contributed by atoms with Crippen molar-refractivity contribution in [2.45, 2.75) is 39.2 Å². The summed E-state index contributed by atoms with van der Waals surface area (Å²) in [6.07, 6.45) is -5.14. The van der Waals surface area contributed by atoms with Crippen molar-refractivity contribution in [3.63, 3.8) is 0 Å². The van der Waals surface area contributed by atoms with Gasteiger partial charge in [-0.1, -0.05) is 23.8 Å². The lowest BCUT2D eigenvalue weighted by Gasteiger charge is -2.32. The summed E-state index contributed by atoms with van der Waals surface area (Å²) >= 11 is 0.594. The molecule has 1 atom stereocenters. The van der Waals surface area contributed by atoms with Crippen molar-refractivity contribution >= 4 is 17.3 Å². The maximum absolute atomic E-state index is 12.8. The van der Waals surface area contributed by atoms with Crippen molar-refractivity contribution in [2.75, 3.05) is 11.4 Å². The molecule has 0 fully saturated rings. The number of halogens is 3. The smallest absolute Gasteiger partial charge is 0.387 e. The van der Waals surface area contributed by atoms with Crippen LogP contribution in [-0.4, -0.2) is 26.2 Å².